The lowest BCUT2D eigenvalue weighted by atomic mass is 10.0. The van der Waals surface area contributed by atoms with Gasteiger partial charge in [0.25, 0.3) is 5.89 Å². The Morgan fingerprint density at radius 1 is 1.48 bits per heavy atom. The highest BCUT2D eigenvalue weighted by molar-refractivity contribution is 7.98. The number of carbonyl (C=O) groups is 1. The number of anilines is 1. The SMILES string of the molecule is CCc1noc(-c2cccc(NC(=O)N3CCCC(CSC)C3)c2)n1. The van der Waals surface area contributed by atoms with Crippen LogP contribution in [0.3, 0.4) is 0 Å². The normalized spacial score (nSPS) is 17.5. The quantitative estimate of drug-likeness (QED) is 0.875. The van der Waals surface area contributed by atoms with Gasteiger partial charge in [-0.25, -0.2) is 4.79 Å². The molecule has 1 aliphatic heterocycles. The van der Waals surface area contributed by atoms with Gasteiger partial charge in [0.15, 0.2) is 5.82 Å². The summed E-state index contributed by atoms with van der Waals surface area (Å²) in [6, 6.07) is 7.49. The number of thioether (sulfide) groups is 1. The van der Waals surface area contributed by atoms with Crippen LogP contribution in [-0.2, 0) is 6.42 Å². The van der Waals surface area contributed by atoms with Crippen LogP contribution in [0.5, 0.6) is 0 Å². The molecule has 7 heteroatoms. The summed E-state index contributed by atoms with van der Waals surface area (Å²) >= 11 is 1.85. The van der Waals surface area contributed by atoms with Crippen LogP contribution in [0.25, 0.3) is 11.5 Å². The lowest BCUT2D eigenvalue weighted by molar-refractivity contribution is 0.183. The molecule has 1 fully saturated rings. The molecule has 1 saturated heterocycles. The van der Waals surface area contributed by atoms with Crippen molar-refractivity contribution in [2.75, 3.05) is 30.4 Å². The molecule has 6 nitrogen and oxygen atoms in total. The van der Waals surface area contributed by atoms with Crippen molar-refractivity contribution in [3.63, 3.8) is 0 Å². The third-order valence-corrected chi connectivity index (χ3v) is 5.16. The Labute approximate surface area is 152 Å². The van der Waals surface area contributed by atoms with Crippen LogP contribution in [0, 0.1) is 5.92 Å². The van der Waals surface area contributed by atoms with Gasteiger partial charge in [-0.05, 0) is 49.0 Å². The van der Waals surface area contributed by atoms with E-state index in [1.807, 2.05) is 47.9 Å². The fourth-order valence-electron chi connectivity index (χ4n) is 3.07. The number of hydrogen-bond acceptors (Lipinski definition) is 5. The van der Waals surface area contributed by atoms with E-state index in [-0.39, 0.29) is 6.03 Å². The minimum atomic E-state index is -0.0391. The molecule has 0 aliphatic carbocycles. The number of rotatable bonds is 5. The molecule has 1 aromatic heterocycles. The van der Waals surface area contributed by atoms with Gasteiger partial charge in [0.1, 0.15) is 0 Å². The summed E-state index contributed by atoms with van der Waals surface area (Å²) in [4.78, 5) is 18.8. The summed E-state index contributed by atoms with van der Waals surface area (Å²) in [5, 5.41) is 6.91. The average molecular weight is 360 g/mol. The Kier molecular flexibility index (Phi) is 5.96. The summed E-state index contributed by atoms with van der Waals surface area (Å²) in [5.41, 5.74) is 1.55. The first-order chi connectivity index (χ1) is 12.2. The number of urea groups is 1. The Bertz CT molecular complexity index is 717. The van der Waals surface area contributed by atoms with E-state index in [1.54, 1.807) is 0 Å². The molecule has 25 heavy (non-hydrogen) atoms. The molecule has 1 aliphatic rings. The molecule has 1 unspecified atom stereocenters. The minimum absolute atomic E-state index is 0.0391. The molecule has 0 bridgehead atoms. The first-order valence-corrected chi connectivity index (χ1v) is 10.1. The maximum Gasteiger partial charge on any atom is 0.321 e. The highest BCUT2D eigenvalue weighted by atomic mass is 32.2. The number of nitrogens with zero attached hydrogens (tertiary/aromatic N) is 3. The minimum Gasteiger partial charge on any atom is -0.334 e. The lowest BCUT2D eigenvalue weighted by Crippen LogP contribution is -2.42. The number of likely N-dealkylation sites (tertiary alicyclic amines) is 1. The van der Waals surface area contributed by atoms with Crippen LogP contribution in [-0.4, -0.2) is 46.2 Å². The second kappa shape index (κ2) is 8.38. The Morgan fingerprint density at radius 2 is 2.36 bits per heavy atom. The van der Waals surface area contributed by atoms with E-state index in [0.29, 0.717) is 17.6 Å². The zero-order valence-electron chi connectivity index (χ0n) is 14.7. The van der Waals surface area contributed by atoms with Gasteiger partial charge in [0.05, 0.1) is 0 Å². The largest absolute Gasteiger partial charge is 0.334 e. The van der Waals surface area contributed by atoms with Crippen LogP contribution >= 0.6 is 11.8 Å². The number of piperidine rings is 1. The zero-order chi connectivity index (χ0) is 17.6. The molecule has 1 aromatic carbocycles. The Balaban J connectivity index is 1.66. The number of hydrogen-bond donors (Lipinski definition) is 1. The van der Waals surface area contributed by atoms with Crippen molar-refractivity contribution in [2.24, 2.45) is 5.92 Å². The number of aryl methyl sites for hydroxylation is 1. The monoisotopic (exact) mass is 360 g/mol. The molecule has 1 N–H and O–H groups in total. The van der Waals surface area contributed by atoms with E-state index in [2.05, 4.69) is 21.7 Å². The van der Waals surface area contributed by atoms with Crippen molar-refractivity contribution in [1.29, 1.82) is 0 Å². The van der Waals surface area contributed by atoms with Gasteiger partial charge in [-0.1, -0.05) is 18.1 Å². The summed E-state index contributed by atoms with van der Waals surface area (Å²) in [6.45, 7) is 3.63. The maximum atomic E-state index is 12.6. The second-order valence-corrected chi connectivity index (χ2v) is 7.20. The van der Waals surface area contributed by atoms with Crippen LogP contribution < -0.4 is 5.32 Å². The predicted molar refractivity (Wildman–Crippen MR) is 101 cm³/mol. The van der Waals surface area contributed by atoms with Gasteiger partial charge < -0.3 is 14.7 Å². The van der Waals surface area contributed by atoms with E-state index in [0.717, 1.165) is 42.9 Å². The van der Waals surface area contributed by atoms with Crippen molar-refractivity contribution in [3.05, 3.63) is 30.1 Å². The molecule has 2 amide bonds. The standard InChI is InChI=1S/C18H24N4O2S/c1-3-16-20-17(24-21-16)14-7-4-8-15(10-14)19-18(23)22-9-5-6-13(11-22)12-25-2/h4,7-8,10,13H,3,5-6,9,11-12H2,1-2H3,(H,19,23). The van der Waals surface area contributed by atoms with Gasteiger partial charge in [0, 0.05) is 30.8 Å². The predicted octanol–water partition coefficient (Wildman–Crippen LogP) is 3.91. The smallest absolute Gasteiger partial charge is 0.321 e. The second-order valence-electron chi connectivity index (χ2n) is 6.29. The highest BCUT2D eigenvalue weighted by Crippen LogP contribution is 2.23. The first-order valence-electron chi connectivity index (χ1n) is 8.67. The Hall–Kier alpha value is -2.02. The number of nitrogens with one attached hydrogen (secondary N) is 1. The van der Waals surface area contributed by atoms with Crippen LogP contribution in [0.15, 0.2) is 28.8 Å². The molecule has 0 spiro atoms. The molecule has 2 heterocycles. The number of benzene rings is 1. The fraction of sp³-hybridized carbons (Fsp3) is 0.500. The topological polar surface area (TPSA) is 71.3 Å². The van der Waals surface area contributed by atoms with Crippen molar-refractivity contribution in [1.82, 2.24) is 15.0 Å². The number of amides is 2. The van der Waals surface area contributed by atoms with Gasteiger partial charge in [0.2, 0.25) is 0 Å². The molecule has 2 aromatic rings. The van der Waals surface area contributed by atoms with Gasteiger partial charge in [-0.15, -0.1) is 0 Å². The van der Waals surface area contributed by atoms with Crippen LogP contribution in [0.2, 0.25) is 0 Å². The first kappa shape index (κ1) is 17.8. The molecular weight excluding hydrogens is 336 g/mol. The lowest BCUT2D eigenvalue weighted by Gasteiger charge is -2.32. The molecule has 0 radical (unpaired) electrons. The summed E-state index contributed by atoms with van der Waals surface area (Å²) < 4.78 is 5.27. The number of carbonyl (C=O) groups excluding carboxylic acids is 1. The molecular formula is C18H24N4O2S. The van der Waals surface area contributed by atoms with Crippen molar-refractivity contribution < 1.29 is 9.32 Å². The third-order valence-electron chi connectivity index (χ3n) is 4.35. The molecule has 1 atom stereocenters. The molecule has 0 saturated carbocycles. The van der Waals surface area contributed by atoms with Crippen molar-refractivity contribution in [2.45, 2.75) is 26.2 Å². The third kappa shape index (κ3) is 4.54. The molecule has 134 valence electrons. The number of aromatic nitrogens is 2. The summed E-state index contributed by atoms with van der Waals surface area (Å²) in [6.07, 6.45) is 5.12. The van der Waals surface area contributed by atoms with Gasteiger partial charge in [-0.2, -0.15) is 16.7 Å². The van der Waals surface area contributed by atoms with E-state index in [4.69, 9.17) is 4.52 Å². The van der Waals surface area contributed by atoms with Crippen molar-refractivity contribution >= 4 is 23.5 Å². The zero-order valence-corrected chi connectivity index (χ0v) is 15.5. The van der Waals surface area contributed by atoms with E-state index in [1.165, 1.54) is 6.42 Å². The van der Waals surface area contributed by atoms with E-state index >= 15 is 0 Å². The molecule has 3 rings (SSSR count). The van der Waals surface area contributed by atoms with E-state index in [9.17, 15) is 4.79 Å². The maximum absolute atomic E-state index is 12.6. The Morgan fingerprint density at radius 3 is 3.12 bits per heavy atom. The van der Waals surface area contributed by atoms with E-state index < -0.39 is 0 Å². The summed E-state index contributed by atoms with van der Waals surface area (Å²) in [5.74, 6) is 2.85. The van der Waals surface area contributed by atoms with Crippen LogP contribution in [0.4, 0.5) is 10.5 Å². The van der Waals surface area contributed by atoms with Crippen LogP contribution in [0.1, 0.15) is 25.6 Å². The average Bonchev–Trinajstić information content (AvgIpc) is 3.12. The van der Waals surface area contributed by atoms with Gasteiger partial charge >= 0.3 is 6.03 Å². The summed E-state index contributed by atoms with van der Waals surface area (Å²) in [7, 11) is 0. The highest BCUT2D eigenvalue weighted by Gasteiger charge is 2.23. The fourth-order valence-corrected chi connectivity index (χ4v) is 3.81. The van der Waals surface area contributed by atoms with Crippen molar-refractivity contribution in [3.8, 4) is 11.5 Å². The van der Waals surface area contributed by atoms with Gasteiger partial charge in [-0.3, -0.25) is 0 Å².